The van der Waals surface area contributed by atoms with E-state index in [0.29, 0.717) is 36.2 Å². The van der Waals surface area contributed by atoms with Gasteiger partial charge in [-0.05, 0) is 58.6 Å². The number of thiophene rings is 1. The molecule has 0 atom stereocenters. The second-order valence-electron chi connectivity index (χ2n) is 8.75. The number of alkyl halides is 3. The molecule has 2 aromatic heterocycles. The van der Waals surface area contributed by atoms with Crippen molar-refractivity contribution in [2.45, 2.75) is 64.8 Å². The number of rotatable bonds is 5. The average molecular weight is 467 g/mol. The summed E-state index contributed by atoms with van der Waals surface area (Å²) in [4.78, 5) is 16.1. The highest BCUT2D eigenvalue weighted by Gasteiger charge is 2.33. The van der Waals surface area contributed by atoms with Crippen molar-refractivity contribution >= 4 is 23.0 Å². The maximum absolute atomic E-state index is 12.8. The van der Waals surface area contributed by atoms with E-state index in [0.717, 1.165) is 17.4 Å². The molecule has 2 N–H and O–H groups in total. The number of nitrogens with one attached hydrogen (secondary N) is 1. The van der Waals surface area contributed by atoms with Crippen molar-refractivity contribution in [2.24, 2.45) is 5.41 Å². The van der Waals surface area contributed by atoms with Crippen molar-refractivity contribution in [3.05, 3.63) is 39.7 Å². The van der Waals surface area contributed by atoms with Crippen molar-refractivity contribution < 1.29 is 27.8 Å². The maximum Gasteiger partial charge on any atom is 0.433 e. The standard InChI is InChI=1S/C23H25F3N2O3S/c1-22(2,3)12-11-16-13-17(20(32-16)21(29)30)27-14-7-9-15(10-8-14)31-19-6-4-5-18(28-19)23(24,25)26/h4-6,13-15,27H,7-10H2,1-3H3,(H,29,30)/t14-,15-. The zero-order valence-corrected chi connectivity index (χ0v) is 18.9. The number of hydrogen-bond acceptors (Lipinski definition) is 5. The maximum atomic E-state index is 12.8. The summed E-state index contributed by atoms with van der Waals surface area (Å²) in [5.74, 6) is 5.11. The van der Waals surface area contributed by atoms with Crippen LogP contribution in [0.25, 0.3) is 0 Å². The van der Waals surface area contributed by atoms with Crippen LogP contribution in [-0.2, 0) is 6.18 Å². The Kier molecular flexibility index (Phi) is 7.03. The largest absolute Gasteiger partial charge is 0.477 e. The van der Waals surface area contributed by atoms with Crippen LogP contribution < -0.4 is 10.1 Å². The van der Waals surface area contributed by atoms with Gasteiger partial charge < -0.3 is 15.2 Å². The molecular formula is C23H25F3N2O3S. The van der Waals surface area contributed by atoms with E-state index in [1.54, 1.807) is 6.07 Å². The molecule has 1 aliphatic rings. The Bertz CT molecular complexity index is 1020. The van der Waals surface area contributed by atoms with Crippen LogP contribution in [0.5, 0.6) is 5.88 Å². The second-order valence-corrected chi connectivity index (χ2v) is 9.81. The fourth-order valence-corrected chi connectivity index (χ4v) is 4.14. The Labute approximate surface area is 189 Å². The molecule has 5 nitrogen and oxygen atoms in total. The predicted octanol–water partition coefficient (Wildman–Crippen LogP) is 6.06. The number of carboxylic acids is 1. The van der Waals surface area contributed by atoms with Crippen LogP contribution in [0.1, 0.15) is 66.7 Å². The SMILES string of the molecule is CC(C)(C)C#Cc1cc(N[C@H]2CC[C@H](Oc3cccc(C(F)(F)F)n3)CC2)c(C(=O)O)s1. The summed E-state index contributed by atoms with van der Waals surface area (Å²) >= 11 is 1.14. The highest BCUT2D eigenvalue weighted by molar-refractivity contribution is 7.15. The lowest BCUT2D eigenvalue weighted by atomic mass is 9.92. The molecule has 0 saturated heterocycles. The van der Waals surface area contributed by atoms with E-state index in [-0.39, 0.29) is 28.3 Å². The average Bonchev–Trinajstić information content (AvgIpc) is 3.10. The van der Waals surface area contributed by atoms with Crippen LogP contribution in [0.2, 0.25) is 0 Å². The van der Waals surface area contributed by atoms with E-state index in [2.05, 4.69) is 22.1 Å². The van der Waals surface area contributed by atoms with E-state index in [1.807, 2.05) is 20.8 Å². The van der Waals surface area contributed by atoms with Gasteiger partial charge in [-0.15, -0.1) is 11.3 Å². The first-order chi connectivity index (χ1) is 14.9. The highest BCUT2D eigenvalue weighted by atomic mass is 32.1. The Hall–Kier alpha value is -2.73. The number of nitrogens with zero attached hydrogens (tertiary/aromatic N) is 1. The number of aromatic nitrogens is 1. The third-order valence-corrected chi connectivity index (χ3v) is 5.86. The summed E-state index contributed by atoms with van der Waals surface area (Å²) in [7, 11) is 0. The van der Waals surface area contributed by atoms with Crippen LogP contribution in [-0.4, -0.2) is 28.2 Å². The molecule has 0 amide bonds. The van der Waals surface area contributed by atoms with Crippen LogP contribution in [0.4, 0.5) is 18.9 Å². The topological polar surface area (TPSA) is 71.5 Å². The summed E-state index contributed by atoms with van der Waals surface area (Å²) < 4.78 is 44.2. The van der Waals surface area contributed by atoms with Crippen molar-refractivity contribution in [1.29, 1.82) is 0 Å². The van der Waals surface area contributed by atoms with Gasteiger partial charge in [0.25, 0.3) is 0 Å². The van der Waals surface area contributed by atoms with E-state index in [9.17, 15) is 23.1 Å². The van der Waals surface area contributed by atoms with Gasteiger partial charge in [0, 0.05) is 17.5 Å². The lowest BCUT2D eigenvalue weighted by Gasteiger charge is -2.29. The van der Waals surface area contributed by atoms with Crippen molar-refractivity contribution in [3.63, 3.8) is 0 Å². The Morgan fingerprint density at radius 2 is 1.91 bits per heavy atom. The van der Waals surface area contributed by atoms with Crippen molar-refractivity contribution in [3.8, 4) is 17.7 Å². The first-order valence-electron chi connectivity index (χ1n) is 10.3. The zero-order valence-electron chi connectivity index (χ0n) is 18.0. The van der Waals surface area contributed by atoms with E-state index in [1.165, 1.54) is 12.1 Å². The van der Waals surface area contributed by atoms with Gasteiger partial charge in [-0.25, -0.2) is 9.78 Å². The minimum atomic E-state index is -4.51. The van der Waals surface area contributed by atoms with Crippen LogP contribution >= 0.6 is 11.3 Å². The summed E-state index contributed by atoms with van der Waals surface area (Å²) in [6.45, 7) is 5.96. The fraction of sp³-hybridized carbons (Fsp3) is 0.478. The summed E-state index contributed by atoms with van der Waals surface area (Å²) in [6, 6.07) is 5.42. The monoisotopic (exact) mass is 466 g/mol. The van der Waals surface area contributed by atoms with Crippen LogP contribution in [0.3, 0.4) is 0 Å². The van der Waals surface area contributed by atoms with Gasteiger partial charge in [-0.3, -0.25) is 0 Å². The minimum absolute atomic E-state index is 0.0377. The lowest BCUT2D eigenvalue weighted by molar-refractivity contribution is -0.141. The van der Waals surface area contributed by atoms with E-state index < -0.39 is 17.8 Å². The van der Waals surface area contributed by atoms with E-state index >= 15 is 0 Å². The predicted molar refractivity (Wildman–Crippen MR) is 117 cm³/mol. The molecule has 2 aromatic rings. The van der Waals surface area contributed by atoms with Crippen molar-refractivity contribution in [2.75, 3.05) is 5.32 Å². The minimum Gasteiger partial charge on any atom is -0.477 e. The smallest absolute Gasteiger partial charge is 0.433 e. The highest BCUT2D eigenvalue weighted by Crippen LogP contribution is 2.32. The number of aromatic carboxylic acids is 1. The van der Waals surface area contributed by atoms with Gasteiger partial charge in [-0.2, -0.15) is 13.2 Å². The Morgan fingerprint density at radius 3 is 2.50 bits per heavy atom. The normalized spacial score (nSPS) is 19.1. The molecule has 0 bridgehead atoms. The molecule has 0 spiro atoms. The van der Waals surface area contributed by atoms with Gasteiger partial charge in [0.2, 0.25) is 5.88 Å². The number of ether oxygens (including phenoxy) is 1. The number of hydrogen-bond donors (Lipinski definition) is 2. The first kappa shape index (κ1) is 23.9. The summed E-state index contributed by atoms with van der Waals surface area (Å²) in [6.07, 6.45) is -2.11. The molecule has 0 radical (unpaired) electrons. The molecule has 3 rings (SSSR count). The molecule has 0 aliphatic heterocycles. The Morgan fingerprint density at radius 1 is 1.22 bits per heavy atom. The zero-order chi connectivity index (χ0) is 23.5. The van der Waals surface area contributed by atoms with Crippen LogP contribution in [0, 0.1) is 17.3 Å². The quantitative estimate of drug-likeness (QED) is 0.524. The third kappa shape index (κ3) is 6.63. The molecule has 1 aliphatic carbocycles. The number of anilines is 1. The van der Waals surface area contributed by atoms with Gasteiger partial charge in [0.05, 0.1) is 10.6 Å². The molecule has 1 fully saturated rings. The molecule has 9 heteroatoms. The summed E-state index contributed by atoms with van der Waals surface area (Å²) in [5, 5.41) is 12.8. The molecule has 32 heavy (non-hydrogen) atoms. The molecule has 172 valence electrons. The van der Waals surface area contributed by atoms with Gasteiger partial charge >= 0.3 is 12.1 Å². The second kappa shape index (κ2) is 9.41. The number of carbonyl (C=O) groups is 1. The number of halogens is 3. The molecular weight excluding hydrogens is 441 g/mol. The van der Waals surface area contributed by atoms with E-state index in [4.69, 9.17) is 4.74 Å². The summed E-state index contributed by atoms with van der Waals surface area (Å²) in [5.41, 5.74) is -0.618. The van der Waals surface area contributed by atoms with Gasteiger partial charge in [-0.1, -0.05) is 17.9 Å². The number of carboxylic acid groups (broad SMARTS) is 1. The van der Waals surface area contributed by atoms with Crippen LogP contribution in [0.15, 0.2) is 24.3 Å². The lowest BCUT2D eigenvalue weighted by Crippen LogP contribution is -2.31. The Balaban J connectivity index is 1.61. The molecule has 2 heterocycles. The number of pyridine rings is 1. The van der Waals surface area contributed by atoms with Gasteiger partial charge in [0.1, 0.15) is 16.7 Å². The van der Waals surface area contributed by atoms with Crippen molar-refractivity contribution in [1.82, 2.24) is 4.98 Å². The molecule has 0 unspecified atom stereocenters. The first-order valence-corrected chi connectivity index (χ1v) is 11.1. The molecule has 1 saturated carbocycles. The third-order valence-electron chi connectivity index (χ3n) is 4.82. The fourth-order valence-electron chi connectivity index (χ4n) is 3.32. The molecule has 0 aromatic carbocycles. The van der Waals surface area contributed by atoms with Gasteiger partial charge in [0.15, 0.2) is 0 Å².